The van der Waals surface area contributed by atoms with Crippen molar-refractivity contribution in [2.75, 3.05) is 6.54 Å². The van der Waals surface area contributed by atoms with Gasteiger partial charge in [-0.25, -0.2) is 9.48 Å². The highest BCUT2D eigenvalue weighted by Crippen LogP contribution is 2.28. The normalized spacial score (nSPS) is 20.3. The highest BCUT2D eigenvalue weighted by Gasteiger charge is 2.35. The van der Waals surface area contributed by atoms with Crippen molar-refractivity contribution < 1.29 is 9.59 Å². The van der Waals surface area contributed by atoms with Gasteiger partial charge in [0.2, 0.25) is 5.91 Å². The number of carbonyl (C=O) groups excluding carboxylic acids is 2. The van der Waals surface area contributed by atoms with Crippen LogP contribution in [0.3, 0.4) is 0 Å². The van der Waals surface area contributed by atoms with Crippen LogP contribution in [0.5, 0.6) is 0 Å². The number of aromatic nitrogens is 4. The van der Waals surface area contributed by atoms with Crippen molar-refractivity contribution in [3.8, 4) is 5.69 Å². The predicted octanol–water partition coefficient (Wildman–Crippen LogP) is 2.89. The summed E-state index contributed by atoms with van der Waals surface area (Å²) in [6, 6.07) is 6.71. The Bertz CT molecular complexity index is 911. The zero-order valence-electron chi connectivity index (χ0n) is 18.8. The van der Waals surface area contributed by atoms with Gasteiger partial charge in [0.1, 0.15) is 6.33 Å². The minimum atomic E-state index is -0.680. The summed E-state index contributed by atoms with van der Waals surface area (Å²) in [7, 11) is 0. The number of hydrogen-bond acceptors (Lipinski definition) is 6. The Morgan fingerprint density at radius 2 is 1.94 bits per heavy atom. The number of urea groups is 1. The summed E-state index contributed by atoms with van der Waals surface area (Å²) in [4.78, 5) is 30.2. The van der Waals surface area contributed by atoms with Gasteiger partial charge in [0, 0.05) is 12.6 Å². The molecule has 2 fully saturated rings. The maximum Gasteiger partial charge on any atom is 0.327 e. The molecule has 2 N–H and O–H groups in total. The van der Waals surface area contributed by atoms with E-state index in [9.17, 15) is 9.59 Å². The van der Waals surface area contributed by atoms with Gasteiger partial charge in [-0.15, -0.1) is 5.10 Å². The molecule has 2 heterocycles. The molecule has 32 heavy (non-hydrogen) atoms. The largest absolute Gasteiger partial charge is 0.327 e. The molecule has 9 nitrogen and oxygen atoms in total. The lowest BCUT2D eigenvalue weighted by molar-refractivity contribution is -0.131. The lowest BCUT2D eigenvalue weighted by Gasteiger charge is -2.32. The first-order valence-electron chi connectivity index (χ1n) is 11.7. The second kappa shape index (κ2) is 10.2. The molecule has 2 aromatic rings. The molecule has 4 rings (SSSR count). The van der Waals surface area contributed by atoms with Crippen LogP contribution in [0.1, 0.15) is 63.9 Å². The molecule has 1 aromatic heterocycles. The first kappa shape index (κ1) is 22.4. The molecule has 2 aliphatic rings. The molecular weight excluding hydrogens is 406 g/mol. The Morgan fingerprint density at radius 1 is 1.16 bits per heavy atom. The van der Waals surface area contributed by atoms with Gasteiger partial charge in [-0.1, -0.05) is 50.3 Å². The molecule has 0 unspecified atom stereocenters. The molecule has 2 atom stereocenters. The van der Waals surface area contributed by atoms with Crippen molar-refractivity contribution in [1.82, 2.24) is 30.0 Å². The van der Waals surface area contributed by atoms with E-state index in [-0.39, 0.29) is 24.5 Å². The quantitative estimate of drug-likeness (QED) is 0.741. The van der Waals surface area contributed by atoms with E-state index in [0.29, 0.717) is 18.9 Å². The third-order valence-electron chi connectivity index (χ3n) is 6.84. The fourth-order valence-electron chi connectivity index (χ4n) is 5.01. The summed E-state index contributed by atoms with van der Waals surface area (Å²) >= 11 is 0. The molecule has 1 saturated carbocycles. The Hall–Kier alpha value is -2.81. The summed E-state index contributed by atoms with van der Waals surface area (Å²) in [5.74, 6) is 0.157. The van der Waals surface area contributed by atoms with E-state index in [2.05, 4.69) is 15.5 Å². The molecular formula is C23H33N7O2. The van der Waals surface area contributed by atoms with Gasteiger partial charge in [-0.05, 0) is 54.2 Å². The van der Waals surface area contributed by atoms with E-state index in [1.54, 1.807) is 9.58 Å². The van der Waals surface area contributed by atoms with E-state index in [1.165, 1.54) is 30.5 Å². The molecule has 1 aliphatic carbocycles. The van der Waals surface area contributed by atoms with Crippen LogP contribution in [0.4, 0.5) is 4.79 Å². The molecule has 0 radical (unpaired) electrons. The molecule has 0 spiro atoms. The molecule has 0 bridgehead atoms. The van der Waals surface area contributed by atoms with Crippen LogP contribution in [-0.2, 0) is 11.3 Å². The number of tetrazole rings is 1. The van der Waals surface area contributed by atoms with Gasteiger partial charge in [0.25, 0.3) is 0 Å². The van der Waals surface area contributed by atoms with Crippen molar-refractivity contribution in [2.45, 2.75) is 76.9 Å². The Balaban J connectivity index is 1.58. The fourth-order valence-corrected chi connectivity index (χ4v) is 5.01. The smallest absolute Gasteiger partial charge is 0.322 e. The number of nitrogens with zero attached hydrogens (tertiary/aromatic N) is 6. The van der Waals surface area contributed by atoms with Crippen LogP contribution in [0.25, 0.3) is 5.69 Å². The molecule has 3 amide bonds. The van der Waals surface area contributed by atoms with Gasteiger partial charge in [-0.2, -0.15) is 0 Å². The first-order chi connectivity index (χ1) is 15.5. The van der Waals surface area contributed by atoms with Crippen LogP contribution >= 0.6 is 0 Å². The third kappa shape index (κ3) is 4.98. The lowest BCUT2D eigenvalue weighted by Crippen LogP contribution is -2.52. The number of carbonyl (C=O) groups is 2. The number of nitrogens with two attached hydrogens (primary N) is 1. The molecule has 1 aliphatic heterocycles. The highest BCUT2D eigenvalue weighted by molar-refractivity contribution is 5.97. The summed E-state index contributed by atoms with van der Waals surface area (Å²) < 4.78 is 1.54. The lowest BCUT2D eigenvalue weighted by atomic mass is 9.85. The number of rotatable bonds is 6. The van der Waals surface area contributed by atoms with Crippen LogP contribution in [-0.4, -0.2) is 60.6 Å². The maximum absolute atomic E-state index is 13.5. The Morgan fingerprint density at radius 3 is 2.62 bits per heavy atom. The van der Waals surface area contributed by atoms with Gasteiger partial charge in [0.05, 0.1) is 18.3 Å². The summed E-state index contributed by atoms with van der Waals surface area (Å²) in [5.41, 5.74) is 7.93. The number of para-hydroxylation sites is 1. The van der Waals surface area contributed by atoms with E-state index in [0.717, 1.165) is 36.9 Å². The second-order valence-electron chi connectivity index (χ2n) is 9.12. The minimum absolute atomic E-state index is 0.113. The van der Waals surface area contributed by atoms with Crippen molar-refractivity contribution >= 4 is 11.9 Å². The molecule has 9 heteroatoms. The van der Waals surface area contributed by atoms with Gasteiger partial charge < -0.3 is 10.6 Å². The second-order valence-corrected chi connectivity index (χ2v) is 9.12. The van der Waals surface area contributed by atoms with Gasteiger partial charge in [0.15, 0.2) is 0 Å². The van der Waals surface area contributed by atoms with Crippen LogP contribution in [0.2, 0.25) is 0 Å². The molecule has 172 valence electrons. The van der Waals surface area contributed by atoms with E-state index in [4.69, 9.17) is 5.73 Å². The maximum atomic E-state index is 13.5. The number of benzene rings is 1. The topological polar surface area (TPSA) is 110 Å². The zero-order chi connectivity index (χ0) is 22.5. The number of amides is 3. The SMILES string of the molecule is C[C@@H]1CCCN1C(=O)N(Cc1ccccc1-n1cnnn1)C(=O)[C@H](N)CC1CCCCC1. The summed E-state index contributed by atoms with van der Waals surface area (Å²) in [6.07, 6.45) is 9.90. The first-order valence-corrected chi connectivity index (χ1v) is 11.7. The monoisotopic (exact) mass is 439 g/mol. The van der Waals surface area contributed by atoms with E-state index in [1.807, 2.05) is 31.2 Å². The Labute approximate surface area is 188 Å². The minimum Gasteiger partial charge on any atom is -0.322 e. The standard InChI is InChI=1S/C23H33N7O2/c1-17-8-7-13-28(17)23(32)29(22(31)20(24)14-18-9-3-2-4-10-18)15-19-11-5-6-12-21(19)30-16-25-26-27-30/h5-6,11-12,16-18,20H,2-4,7-10,13-15,24H2,1H3/t17-,20-/m1/s1. The third-order valence-corrected chi connectivity index (χ3v) is 6.84. The average molecular weight is 440 g/mol. The fraction of sp³-hybridized carbons (Fsp3) is 0.609. The van der Waals surface area contributed by atoms with E-state index >= 15 is 0 Å². The van der Waals surface area contributed by atoms with Crippen molar-refractivity contribution in [3.05, 3.63) is 36.2 Å². The Kier molecular flexibility index (Phi) is 7.14. The predicted molar refractivity (Wildman–Crippen MR) is 120 cm³/mol. The molecule has 1 saturated heterocycles. The average Bonchev–Trinajstić information content (AvgIpc) is 3.49. The van der Waals surface area contributed by atoms with Crippen LogP contribution < -0.4 is 5.73 Å². The van der Waals surface area contributed by atoms with Crippen molar-refractivity contribution in [2.24, 2.45) is 11.7 Å². The zero-order valence-corrected chi connectivity index (χ0v) is 18.8. The highest BCUT2D eigenvalue weighted by atomic mass is 16.2. The van der Waals surface area contributed by atoms with Crippen LogP contribution in [0.15, 0.2) is 30.6 Å². The summed E-state index contributed by atoms with van der Waals surface area (Å²) in [5, 5.41) is 11.4. The van der Waals surface area contributed by atoms with Gasteiger partial charge in [-0.3, -0.25) is 9.69 Å². The number of hydrogen-bond donors (Lipinski definition) is 1. The summed E-state index contributed by atoms with van der Waals surface area (Å²) in [6.45, 7) is 2.83. The van der Waals surface area contributed by atoms with Crippen LogP contribution in [0, 0.1) is 5.92 Å². The number of likely N-dealkylation sites (tertiary alicyclic amines) is 1. The molecule has 1 aromatic carbocycles. The van der Waals surface area contributed by atoms with Gasteiger partial charge >= 0.3 is 6.03 Å². The van der Waals surface area contributed by atoms with Crippen molar-refractivity contribution in [3.63, 3.8) is 0 Å². The van der Waals surface area contributed by atoms with Crippen molar-refractivity contribution in [1.29, 1.82) is 0 Å². The number of imide groups is 1. The van der Waals surface area contributed by atoms with E-state index < -0.39 is 6.04 Å².